The Bertz CT molecular complexity index is 1210. The molecule has 8 nitrogen and oxygen atoms in total. The smallest absolute Gasteiger partial charge is 0.241 e. The first-order valence-corrected chi connectivity index (χ1v) is 10.7. The van der Waals surface area contributed by atoms with E-state index in [1.807, 2.05) is 0 Å². The van der Waals surface area contributed by atoms with Crippen LogP contribution in [0.2, 0.25) is 0 Å². The molecule has 170 valence electrons. The molecule has 0 spiro atoms. The summed E-state index contributed by atoms with van der Waals surface area (Å²) in [5.41, 5.74) is 1.42. The first kappa shape index (κ1) is 21.4. The van der Waals surface area contributed by atoms with Gasteiger partial charge in [-0.1, -0.05) is 10.3 Å². The van der Waals surface area contributed by atoms with E-state index in [4.69, 9.17) is 9.05 Å². The summed E-state index contributed by atoms with van der Waals surface area (Å²) in [7, 11) is 0. The number of halogens is 2. The third-order valence-corrected chi connectivity index (χ3v) is 5.69. The quantitative estimate of drug-likeness (QED) is 0.437. The van der Waals surface area contributed by atoms with Crippen LogP contribution in [0, 0.1) is 11.6 Å². The molecule has 1 aliphatic rings. The Morgan fingerprint density at radius 3 is 1.82 bits per heavy atom. The Kier molecular flexibility index (Phi) is 5.93. The Morgan fingerprint density at radius 2 is 1.30 bits per heavy atom. The Labute approximate surface area is 188 Å². The number of piperazine rings is 1. The van der Waals surface area contributed by atoms with Gasteiger partial charge in [0.1, 0.15) is 11.6 Å². The summed E-state index contributed by atoms with van der Waals surface area (Å²) >= 11 is 0. The highest BCUT2D eigenvalue weighted by Crippen LogP contribution is 2.20. The number of aromatic nitrogens is 4. The summed E-state index contributed by atoms with van der Waals surface area (Å²) in [6.07, 6.45) is 0. The van der Waals surface area contributed by atoms with Crippen LogP contribution in [0.1, 0.15) is 18.7 Å². The van der Waals surface area contributed by atoms with E-state index in [-0.39, 0.29) is 17.7 Å². The standard InChI is InChI=1S/C23H22F2N6O2/c1-15-12-30(13-20-26-22(28-32-20)16-2-6-18(24)7-3-16)10-11-31(15)14-21-27-23(29-33-21)17-4-8-19(25)9-5-17/h2-9,15H,10-14H2,1H3. The predicted octanol–water partition coefficient (Wildman–Crippen LogP) is 3.77. The monoisotopic (exact) mass is 452 g/mol. The van der Waals surface area contributed by atoms with Gasteiger partial charge in [-0.3, -0.25) is 9.80 Å². The highest BCUT2D eigenvalue weighted by molar-refractivity contribution is 5.54. The van der Waals surface area contributed by atoms with Gasteiger partial charge in [0, 0.05) is 36.8 Å². The van der Waals surface area contributed by atoms with Crippen LogP contribution in [-0.4, -0.2) is 55.8 Å². The molecule has 1 unspecified atom stereocenters. The zero-order valence-corrected chi connectivity index (χ0v) is 18.0. The van der Waals surface area contributed by atoms with Gasteiger partial charge >= 0.3 is 0 Å². The van der Waals surface area contributed by atoms with Crippen molar-refractivity contribution in [2.75, 3.05) is 19.6 Å². The number of benzene rings is 2. The minimum atomic E-state index is -0.304. The fraction of sp³-hybridized carbons (Fsp3) is 0.304. The van der Waals surface area contributed by atoms with Gasteiger partial charge in [-0.05, 0) is 55.5 Å². The molecular formula is C23H22F2N6O2. The fourth-order valence-corrected chi connectivity index (χ4v) is 3.88. The van der Waals surface area contributed by atoms with Gasteiger partial charge in [0.15, 0.2) is 0 Å². The molecule has 1 aliphatic heterocycles. The van der Waals surface area contributed by atoms with Crippen LogP contribution in [0.5, 0.6) is 0 Å². The van der Waals surface area contributed by atoms with E-state index in [1.165, 1.54) is 24.3 Å². The third-order valence-electron chi connectivity index (χ3n) is 5.69. The molecule has 3 heterocycles. The van der Waals surface area contributed by atoms with Crippen molar-refractivity contribution in [3.8, 4) is 22.8 Å². The first-order valence-electron chi connectivity index (χ1n) is 10.7. The van der Waals surface area contributed by atoms with Gasteiger partial charge in [0.25, 0.3) is 0 Å². The lowest BCUT2D eigenvalue weighted by atomic mass is 10.2. The maximum absolute atomic E-state index is 13.1. The lowest BCUT2D eigenvalue weighted by Gasteiger charge is -2.38. The van der Waals surface area contributed by atoms with Crippen molar-refractivity contribution in [2.45, 2.75) is 26.1 Å². The van der Waals surface area contributed by atoms with E-state index in [1.54, 1.807) is 24.3 Å². The van der Waals surface area contributed by atoms with Crippen LogP contribution < -0.4 is 0 Å². The number of hydrogen-bond acceptors (Lipinski definition) is 8. The van der Waals surface area contributed by atoms with Gasteiger partial charge in [-0.25, -0.2) is 8.78 Å². The summed E-state index contributed by atoms with van der Waals surface area (Å²) in [4.78, 5) is 13.4. The van der Waals surface area contributed by atoms with Gasteiger partial charge in [-0.2, -0.15) is 9.97 Å². The summed E-state index contributed by atoms with van der Waals surface area (Å²) in [5.74, 6) is 1.34. The average molecular weight is 452 g/mol. The molecule has 10 heteroatoms. The number of hydrogen-bond donors (Lipinski definition) is 0. The minimum absolute atomic E-state index is 0.249. The second-order valence-corrected chi connectivity index (χ2v) is 8.09. The predicted molar refractivity (Wildman–Crippen MR) is 115 cm³/mol. The number of rotatable bonds is 6. The molecule has 4 aromatic rings. The Hall–Kier alpha value is -3.50. The zero-order chi connectivity index (χ0) is 22.8. The van der Waals surface area contributed by atoms with Crippen LogP contribution in [0.4, 0.5) is 8.78 Å². The largest absolute Gasteiger partial charge is 0.338 e. The van der Waals surface area contributed by atoms with Crippen molar-refractivity contribution in [3.05, 3.63) is 71.9 Å². The molecular weight excluding hydrogens is 430 g/mol. The summed E-state index contributed by atoms with van der Waals surface area (Å²) < 4.78 is 37.0. The van der Waals surface area contributed by atoms with Crippen molar-refractivity contribution >= 4 is 0 Å². The molecule has 0 radical (unpaired) electrons. The van der Waals surface area contributed by atoms with Crippen molar-refractivity contribution in [1.82, 2.24) is 30.1 Å². The molecule has 1 saturated heterocycles. The van der Waals surface area contributed by atoms with Crippen molar-refractivity contribution in [1.29, 1.82) is 0 Å². The molecule has 2 aromatic carbocycles. The molecule has 33 heavy (non-hydrogen) atoms. The van der Waals surface area contributed by atoms with E-state index < -0.39 is 0 Å². The highest BCUT2D eigenvalue weighted by atomic mass is 19.1. The van der Waals surface area contributed by atoms with Crippen LogP contribution in [-0.2, 0) is 13.1 Å². The SMILES string of the molecule is CC1CN(Cc2nc(-c3ccc(F)cc3)no2)CCN1Cc1nc(-c2ccc(F)cc2)no1. The van der Waals surface area contributed by atoms with Gasteiger partial charge in [0.05, 0.1) is 13.1 Å². The van der Waals surface area contributed by atoms with Crippen LogP contribution in [0.3, 0.4) is 0 Å². The fourth-order valence-electron chi connectivity index (χ4n) is 3.88. The van der Waals surface area contributed by atoms with Gasteiger partial charge in [-0.15, -0.1) is 0 Å². The maximum atomic E-state index is 13.1. The molecule has 0 aliphatic carbocycles. The third kappa shape index (κ3) is 4.96. The molecule has 0 N–H and O–H groups in total. The van der Waals surface area contributed by atoms with E-state index >= 15 is 0 Å². The average Bonchev–Trinajstić information content (AvgIpc) is 3.47. The zero-order valence-electron chi connectivity index (χ0n) is 18.0. The van der Waals surface area contributed by atoms with Crippen molar-refractivity contribution in [3.63, 3.8) is 0 Å². The van der Waals surface area contributed by atoms with Crippen molar-refractivity contribution < 1.29 is 17.8 Å². The lowest BCUT2D eigenvalue weighted by molar-refractivity contribution is 0.0594. The minimum Gasteiger partial charge on any atom is -0.338 e. The molecule has 1 fully saturated rings. The normalized spacial score (nSPS) is 17.5. The van der Waals surface area contributed by atoms with Gasteiger partial charge in [0.2, 0.25) is 23.4 Å². The second-order valence-electron chi connectivity index (χ2n) is 8.09. The molecule has 0 saturated carbocycles. The van der Waals surface area contributed by atoms with Gasteiger partial charge < -0.3 is 9.05 Å². The lowest BCUT2D eigenvalue weighted by Crippen LogP contribution is -2.51. The molecule has 0 bridgehead atoms. The highest BCUT2D eigenvalue weighted by Gasteiger charge is 2.26. The molecule has 5 rings (SSSR count). The van der Waals surface area contributed by atoms with E-state index in [2.05, 4.69) is 37.0 Å². The van der Waals surface area contributed by atoms with Crippen LogP contribution >= 0.6 is 0 Å². The summed E-state index contributed by atoms with van der Waals surface area (Å²) in [6.45, 7) is 5.67. The Morgan fingerprint density at radius 1 is 0.788 bits per heavy atom. The van der Waals surface area contributed by atoms with Crippen LogP contribution in [0.25, 0.3) is 22.8 Å². The summed E-state index contributed by atoms with van der Waals surface area (Å²) in [5, 5.41) is 8.02. The van der Waals surface area contributed by atoms with Crippen molar-refractivity contribution in [2.24, 2.45) is 0 Å². The van der Waals surface area contributed by atoms with E-state index in [0.717, 1.165) is 19.6 Å². The Balaban J connectivity index is 1.16. The topological polar surface area (TPSA) is 84.3 Å². The number of nitrogens with zero attached hydrogens (tertiary/aromatic N) is 6. The summed E-state index contributed by atoms with van der Waals surface area (Å²) in [6, 6.07) is 12.3. The van der Waals surface area contributed by atoms with Crippen LogP contribution in [0.15, 0.2) is 57.6 Å². The van der Waals surface area contributed by atoms with E-state index in [9.17, 15) is 8.78 Å². The molecule has 1 atom stereocenters. The van der Waals surface area contributed by atoms with E-state index in [0.29, 0.717) is 47.6 Å². The first-order chi connectivity index (χ1) is 16.0. The molecule has 2 aromatic heterocycles. The second kappa shape index (κ2) is 9.16. The molecule has 0 amide bonds. The maximum Gasteiger partial charge on any atom is 0.241 e.